The zero-order chi connectivity index (χ0) is 15.4. The van der Waals surface area contributed by atoms with Gasteiger partial charge in [0.25, 0.3) is 0 Å². The third-order valence-electron chi connectivity index (χ3n) is 3.98. The van der Waals surface area contributed by atoms with Crippen molar-refractivity contribution in [3.8, 4) is 11.5 Å². The number of piperidine rings is 1. The van der Waals surface area contributed by atoms with Crippen LogP contribution in [0.4, 0.5) is 0 Å². The summed E-state index contributed by atoms with van der Waals surface area (Å²) in [5, 5.41) is 6.89. The van der Waals surface area contributed by atoms with Gasteiger partial charge < -0.3 is 9.47 Å². The van der Waals surface area contributed by atoms with Crippen LogP contribution >= 0.6 is 15.9 Å². The lowest BCUT2D eigenvalue weighted by molar-refractivity contribution is 0.109. The van der Waals surface area contributed by atoms with Crippen LogP contribution in [0.2, 0.25) is 0 Å². The lowest BCUT2D eigenvalue weighted by Crippen LogP contribution is -2.39. The normalized spacial score (nSPS) is 22.6. The van der Waals surface area contributed by atoms with Crippen LogP contribution in [0.15, 0.2) is 21.7 Å². The first kappa shape index (κ1) is 16.1. The summed E-state index contributed by atoms with van der Waals surface area (Å²) in [6, 6.07) is 4.82. The van der Waals surface area contributed by atoms with Gasteiger partial charge in [-0.05, 0) is 61.2 Å². The van der Waals surface area contributed by atoms with Crippen molar-refractivity contribution in [1.82, 2.24) is 5.01 Å². The largest absolute Gasteiger partial charge is 0.493 e. The molecule has 1 fully saturated rings. The van der Waals surface area contributed by atoms with E-state index in [4.69, 9.17) is 9.47 Å². The molecule has 0 aromatic heterocycles. The number of benzene rings is 1. The summed E-state index contributed by atoms with van der Waals surface area (Å²) >= 11 is 3.56. The Kier molecular flexibility index (Phi) is 5.51. The summed E-state index contributed by atoms with van der Waals surface area (Å²) in [7, 11) is 3.27. The number of halogens is 1. The van der Waals surface area contributed by atoms with Crippen molar-refractivity contribution in [2.24, 2.45) is 5.10 Å². The van der Waals surface area contributed by atoms with Crippen LogP contribution < -0.4 is 9.47 Å². The first-order valence-electron chi connectivity index (χ1n) is 7.30. The Bertz CT molecular complexity index is 509. The first-order chi connectivity index (χ1) is 10.1. The molecular weight excluding hydrogens is 332 g/mol. The van der Waals surface area contributed by atoms with E-state index in [1.54, 1.807) is 14.2 Å². The van der Waals surface area contributed by atoms with Gasteiger partial charge in [0, 0.05) is 22.1 Å². The lowest BCUT2D eigenvalue weighted by Gasteiger charge is -2.36. The van der Waals surface area contributed by atoms with Crippen LogP contribution in [0.1, 0.15) is 38.7 Å². The highest BCUT2D eigenvalue weighted by atomic mass is 79.9. The maximum Gasteiger partial charge on any atom is 0.161 e. The number of methoxy groups -OCH3 is 2. The predicted octanol–water partition coefficient (Wildman–Crippen LogP) is 4.06. The third kappa shape index (κ3) is 3.70. The molecule has 5 heteroatoms. The monoisotopic (exact) mass is 354 g/mol. The van der Waals surface area contributed by atoms with Gasteiger partial charge in [0.2, 0.25) is 0 Å². The maximum atomic E-state index is 5.34. The van der Waals surface area contributed by atoms with Crippen molar-refractivity contribution in [3.05, 3.63) is 22.2 Å². The van der Waals surface area contributed by atoms with E-state index < -0.39 is 0 Å². The molecule has 0 amide bonds. The van der Waals surface area contributed by atoms with E-state index in [-0.39, 0.29) is 0 Å². The highest BCUT2D eigenvalue weighted by Gasteiger charge is 2.22. The molecule has 0 N–H and O–H groups in total. The average molecular weight is 355 g/mol. The van der Waals surface area contributed by atoms with Gasteiger partial charge in [-0.1, -0.05) is 0 Å². The second kappa shape index (κ2) is 7.16. The Morgan fingerprint density at radius 1 is 1.14 bits per heavy atom. The number of hydrogen-bond acceptors (Lipinski definition) is 4. The maximum absolute atomic E-state index is 5.34. The minimum atomic E-state index is 0.490. The first-order valence-corrected chi connectivity index (χ1v) is 8.10. The Morgan fingerprint density at radius 3 is 2.29 bits per heavy atom. The second-order valence-corrected chi connectivity index (χ2v) is 6.34. The molecule has 0 spiro atoms. The van der Waals surface area contributed by atoms with E-state index in [9.17, 15) is 0 Å². The van der Waals surface area contributed by atoms with Crippen LogP contribution in [0.5, 0.6) is 11.5 Å². The van der Waals surface area contributed by atoms with Crippen molar-refractivity contribution in [2.75, 3.05) is 14.2 Å². The third-order valence-corrected chi connectivity index (χ3v) is 4.67. The van der Waals surface area contributed by atoms with Gasteiger partial charge in [-0.15, -0.1) is 0 Å². The van der Waals surface area contributed by atoms with Gasteiger partial charge in [-0.3, -0.25) is 5.01 Å². The highest BCUT2D eigenvalue weighted by Crippen LogP contribution is 2.32. The molecule has 0 saturated carbocycles. The van der Waals surface area contributed by atoms with E-state index in [1.165, 1.54) is 19.3 Å². The fourth-order valence-electron chi connectivity index (χ4n) is 2.73. The number of nitrogens with zero attached hydrogens (tertiary/aromatic N) is 2. The zero-order valence-corrected chi connectivity index (χ0v) is 14.7. The van der Waals surface area contributed by atoms with Crippen molar-refractivity contribution in [3.63, 3.8) is 0 Å². The molecule has 0 radical (unpaired) electrons. The minimum Gasteiger partial charge on any atom is -0.493 e. The zero-order valence-electron chi connectivity index (χ0n) is 13.1. The minimum absolute atomic E-state index is 0.490. The molecule has 0 bridgehead atoms. The fraction of sp³-hybridized carbons (Fsp3) is 0.562. The van der Waals surface area contributed by atoms with Crippen LogP contribution in [0.3, 0.4) is 0 Å². The van der Waals surface area contributed by atoms with Gasteiger partial charge in [0.15, 0.2) is 11.5 Å². The van der Waals surface area contributed by atoms with Gasteiger partial charge in [0.1, 0.15) is 0 Å². The van der Waals surface area contributed by atoms with Gasteiger partial charge in [0.05, 0.1) is 20.4 Å². The SMILES string of the molecule is COc1cc(Br)c(/C=N\N2[C@H](C)CCC[C@H]2C)cc1OC. The van der Waals surface area contributed by atoms with E-state index in [1.807, 2.05) is 18.3 Å². The van der Waals surface area contributed by atoms with E-state index >= 15 is 0 Å². The summed E-state index contributed by atoms with van der Waals surface area (Å²) in [6.07, 6.45) is 5.59. The standard InChI is InChI=1S/C16H23BrN2O2/c1-11-6-5-7-12(2)19(11)18-10-13-8-15(20-3)16(21-4)9-14(13)17/h8-12H,5-7H2,1-4H3/b18-10-/t11-,12-/m1/s1. The topological polar surface area (TPSA) is 34.1 Å². The molecule has 2 rings (SSSR count). The summed E-state index contributed by atoms with van der Waals surface area (Å²) in [6.45, 7) is 4.47. The fourth-order valence-corrected chi connectivity index (χ4v) is 3.16. The predicted molar refractivity (Wildman–Crippen MR) is 89.5 cm³/mol. The van der Waals surface area contributed by atoms with Crippen molar-refractivity contribution in [2.45, 2.75) is 45.2 Å². The van der Waals surface area contributed by atoms with Crippen molar-refractivity contribution in [1.29, 1.82) is 0 Å². The van der Waals surface area contributed by atoms with E-state index in [0.29, 0.717) is 23.6 Å². The van der Waals surface area contributed by atoms with Crippen LogP contribution in [0, 0.1) is 0 Å². The number of hydrazone groups is 1. The highest BCUT2D eigenvalue weighted by molar-refractivity contribution is 9.10. The second-order valence-electron chi connectivity index (χ2n) is 5.48. The smallest absolute Gasteiger partial charge is 0.161 e. The van der Waals surface area contributed by atoms with Gasteiger partial charge >= 0.3 is 0 Å². The lowest BCUT2D eigenvalue weighted by atomic mass is 10.00. The van der Waals surface area contributed by atoms with E-state index in [0.717, 1.165) is 10.0 Å². The Morgan fingerprint density at radius 2 is 1.71 bits per heavy atom. The molecule has 0 aliphatic carbocycles. The van der Waals surface area contributed by atoms with Gasteiger partial charge in [-0.2, -0.15) is 5.10 Å². The molecule has 4 nitrogen and oxygen atoms in total. The van der Waals surface area contributed by atoms with Crippen LogP contribution in [0.25, 0.3) is 0 Å². The molecule has 1 heterocycles. The molecule has 1 aliphatic heterocycles. The molecule has 1 aromatic carbocycles. The summed E-state index contributed by atoms with van der Waals surface area (Å²) in [5.41, 5.74) is 0.984. The average Bonchev–Trinajstić information content (AvgIpc) is 2.47. The Hall–Kier alpha value is -1.23. The molecule has 2 atom stereocenters. The summed E-state index contributed by atoms with van der Waals surface area (Å²) in [4.78, 5) is 0. The quantitative estimate of drug-likeness (QED) is 0.764. The van der Waals surface area contributed by atoms with E-state index in [2.05, 4.69) is 39.9 Å². The molecule has 1 aromatic rings. The molecule has 116 valence electrons. The van der Waals surface area contributed by atoms with Crippen LogP contribution in [-0.4, -0.2) is 37.5 Å². The Labute approximate surface area is 135 Å². The van der Waals surface area contributed by atoms with Crippen molar-refractivity contribution >= 4 is 22.1 Å². The number of hydrogen-bond donors (Lipinski definition) is 0. The summed E-state index contributed by atoms with van der Waals surface area (Å²) in [5.74, 6) is 1.42. The molecule has 21 heavy (non-hydrogen) atoms. The van der Waals surface area contributed by atoms with Crippen molar-refractivity contribution < 1.29 is 9.47 Å². The molecule has 1 aliphatic rings. The van der Waals surface area contributed by atoms with Crippen LogP contribution in [-0.2, 0) is 0 Å². The number of rotatable bonds is 4. The number of ether oxygens (including phenoxy) is 2. The van der Waals surface area contributed by atoms with Gasteiger partial charge in [-0.25, -0.2) is 0 Å². The Balaban J connectivity index is 2.24. The summed E-state index contributed by atoms with van der Waals surface area (Å²) < 4.78 is 11.6. The molecule has 0 unspecified atom stereocenters. The molecule has 1 saturated heterocycles. The molecular formula is C16H23BrN2O2.